The molecule has 0 spiro atoms. The lowest BCUT2D eigenvalue weighted by Crippen LogP contribution is -2.42. The third kappa shape index (κ3) is 4.08. The third-order valence-corrected chi connectivity index (χ3v) is 1.95. The Morgan fingerprint density at radius 3 is 2.22 bits per heavy atom. The van der Waals surface area contributed by atoms with E-state index >= 15 is 0 Å². The van der Waals surface area contributed by atoms with Gasteiger partial charge in [-0.1, -0.05) is 0 Å². The van der Waals surface area contributed by atoms with Crippen molar-refractivity contribution in [2.75, 3.05) is 6.61 Å². The average molecular weight is 258 g/mol. The molecular formula is C11H14O7. The second-order valence-corrected chi connectivity index (χ2v) is 3.63. The first-order valence-corrected chi connectivity index (χ1v) is 5.24. The summed E-state index contributed by atoms with van der Waals surface area (Å²) in [4.78, 5) is 32.8. The van der Waals surface area contributed by atoms with E-state index in [9.17, 15) is 14.4 Å². The van der Waals surface area contributed by atoms with Gasteiger partial charge in [0, 0.05) is 20.8 Å². The van der Waals surface area contributed by atoms with Crippen LogP contribution in [0.4, 0.5) is 0 Å². The molecule has 0 saturated carbocycles. The fourth-order valence-electron chi connectivity index (χ4n) is 1.43. The van der Waals surface area contributed by atoms with E-state index in [1.807, 2.05) is 0 Å². The summed E-state index contributed by atoms with van der Waals surface area (Å²) in [6.07, 6.45) is -0.663. The molecule has 0 saturated heterocycles. The smallest absolute Gasteiger partial charge is 0.307 e. The van der Waals surface area contributed by atoms with E-state index in [2.05, 4.69) is 0 Å². The Hall–Kier alpha value is -2.05. The van der Waals surface area contributed by atoms with Crippen molar-refractivity contribution in [1.82, 2.24) is 0 Å². The SMILES string of the molecule is CC(=O)OC1=COC[C@@H](OC(C)=O)[C@@H]1OC(C)=O. The summed E-state index contributed by atoms with van der Waals surface area (Å²) in [5, 5.41) is 0. The molecule has 0 aliphatic carbocycles. The zero-order chi connectivity index (χ0) is 13.7. The first kappa shape index (κ1) is 14.0. The van der Waals surface area contributed by atoms with E-state index in [0.29, 0.717) is 0 Å². The molecule has 0 aromatic rings. The molecule has 1 heterocycles. The van der Waals surface area contributed by atoms with Crippen LogP contribution >= 0.6 is 0 Å². The molecule has 0 unspecified atom stereocenters. The largest absolute Gasteiger partial charge is 0.493 e. The van der Waals surface area contributed by atoms with Crippen LogP contribution in [-0.2, 0) is 33.3 Å². The Morgan fingerprint density at radius 2 is 1.72 bits per heavy atom. The summed E-state index contributed by atoms with van der Waals surface area (Å²) in [6.45, 7) is 3.63. The summed E-state index contributed by atoms with van der Waals surface area (Å²) in [7, 11) is 0. The highest BCUT2D eigenvalue weighted by atomic mass is 16.6. The Balaban J connectivity index is 2.86. The molecule has 7 heteroatoms. The summed E-state index contributed by atoms with van der Waals surface area (Å²) in [5.74, 6) is -1.73. The molecule has 0 bridgehead atoms. The molecule has 0 radical (unpaired) electrons. The molecule has 0 amide bonds. The van der Waals surface area contributed by atoms with Crippen molar-refractivity contribution in [2.24, 2.45) is 0 Å². The van der Waals surface area contributed by atoms with Gasteiger partial charge in [-0.2, -0.15) is 0 Å². The minimum Gasteiger partial charge on any atom is -0.493 e. The fraction of sp³-hybridized carbons (Fsp3) is 0.545. The van der Waals surface area contributed by atoms with Crippen molar-refractivity contribution >= 4 is 17.9 Å². The molecular weight excluding hydrogens is 244 g/mol. The van der Waals surface area contributed by atoms with Crippen molar-refractivity contribution in [2.45, 2.75) is 33.0 Å². The van der Waals surface area contributed by atoms with Crippen LogP contribution in [0.15, 0.2) is 12.0 Å². The van der Waals surface area contributed by atoms with Crippen molar-refractivity contribution in [3.05, 3.63) is 12.0 Å². The normalized spacial score (nSPS) is 22.3. The topological polar surface area (TPSA) is 88.1 Å². The number of carbonyl (C=O) groups excluding carboxylic acids is 3. The lowest BCUT2D eigenvalue weighted by atomic mass is 10.1. The highest BCUT2D eigenvalue weighted by Gasteiger charge is 2.36. The quantitative estimate of drug-likeness (QED) is 0.530. The molecule has 0 fully saturated rings. The maximum atomic E-state index is 11.0. The maximum absolute atomic E-state index is 11.0. The summed E-state index contributed by atoms with van der Waals surface area (Å²) >= 11 is 0. The molecule has 1 aliphatic rings. The zero-order valence-electron chi connectivity index (χ0n) is 10.3. The highest BCUT2D eigenvalue weighted by molar-refractivity contribution is 5.69. The van der Waals surface area contributed by atoms with Gasteiger partial charge in [-0.05, 0) is 0 Å². The molecule has 1 rings (SSSR count). The first-order chi connectivity index (χ1) is 8.40. The average Bonchev–Trinajstić information content (AvgIpc) is 2.20. The number of esters is 3. The number of hydrogen-bond donors (Lipinski definition) is 0. The van der Waals surface area contributed by atoms with E-state index < -0.39 is 30.1 Å². The van der Waals surface area contributed by atoms with Crippen LogP contribution in [0.5, 0.6) is 0 Å². The predicted molar refractivity (Wildman–Crippen MR) is 56.9 cm³/mol. The van der Waals surface area contributed by atoms with Crippen LogP contribution in [-0.4, -0.2) is 36.7 Å². The number of carbonyl (C=O) groups is 3. The van der Waals surface area contributed by atoms with Gasteiger partial charge < -0.3 is 18.9 Å². The van der Waals surface area contributed by atoms with Gasteiger partial charge in [-0.3, -0.25) is 14.4 Å². The Kier molecular flexibility index (Phi) is 4.70. The van der Waals surface area contributed by atoms with E-state index in [-0.39, 0.29) is 12.4 Å². The Bertz CT molecular complexity index is 385. The summed E-state index contributed by atoms with van der Waals surface area (Å²) in [5.41, 5.74) is 0. The van der Waals surface area contributed by atoms with E-state index in [4.69, 9.17) is 18.9 Å². The number of ether oxygens (including phenoxy) is 4. The van der Waals surface area contributed by atoms with Gasteiger partial charge in [-0.15, -0.1) is 0 Å². The second kappa shape index (κ2) is 6.04. The zero-order valence-corrected chi connectivity index (χ0v) is 10.3. The van der Waals surface area contributed by atoms with Crippen molar-refractivity contribution in [3.63, 3.8) is 0 Å². The minimum atomic E-state index is -0.982. The van der Waals surface area contributed by atoms with E-state index in [1.54, 1.807) is 0 Å². The van der Waals surface area contributed by atoms with Crippen molar-refractivity contribution in [1.29, 1.82) is 0 Å². The van der Waals surface area contributed by atoms with Crippen molar-refractivity contribution in [3.8, 4) is 0 Å². The lowest BCUT2D eigenvalue weighted by molar-refractivity contribution is -0.173. The molecule has 0 aromatic carbocycles. The Morgan fingerprint density at radius 1 is 1.11 bits per heavy atom. The van der Waals surface area contributed by atoms with E-state index in [0.717, 1.165) is 6.26 Å². The monoisotopic (exact) mass is 258 g/mol. The van der Waals surface area contributed by atoms with E-state index in [1.165, 1.54) is 20.8 Å². The number of rotatable bonds is 3. The second-order valence-electron chi connectivity index (χ2n) is 3.63. The maximum Gasteiger partial charge on any atom is 0.307 e. The summed E-state index contributed by atoms with van der Waals surface area (Å²) in [6, 6.07) is 0. The first-order valence-electron chi connectivity index (χ1n) is 5.24. The van der Waals surface area contributed by atoms with Crippen LogP contribution in [0.25, 0.3) is 0 Å². The Labute approximate surface area is 104 Å². The van der Waals surface area contributed by atoms with Crippen LogP contribution in [0.1, 0.15) is 20.8 Å². The fourth-order valence-corrected chi connectivity index (χ4v) is 1.43. The molecule has 100 valence electrons. The van der Waals surface area contributed by atoms with Gasteiger partial charge in [0.1, 0.15) is 12.9 Å². The summed E-state index contributed by atoms with van der Waals surface area (Å²) < 4.78 is 19.8. The van der Waals surface area contributed by atoms with Gasteiger partial charge in [0.15, 0.2) is 11.9 Å². The van der Waals surface area contributed by atoms with Crippen LogP contribution in [0.2, 0.25) is 0 Å². The van der Waals surface area contributed by atoms with Crippen LogP contribution < -0.4 is 0 Å². The van der Waals surface area contributed by atoms with Gasteiger partial charge in [0.25, 0.3) is 0 Å². The van der Waals surface area contributed by atoms with Crippen LogP contribution in [0.3, 0.4) is 0 Å². The third-order valence-electron chi connectivity index (χ3n) is 1.95. The predicted octanol–water partition coefficient (Wildman–Crippen LogP) is 0.284. The van der Waals surface area contributed by atoms with Gasteiger partial charge >= 0.3 is 17.9 Å². The molecule has 0 N–H and O–H groups in total. The molecule has 2 atom stereocenters. The molecule has 7 nitrogen and oxygen atoms in total. The number of hydrogen-bond acceptors (Lipinski definition) is 7. The molecule has 0 aromatic heterocycles. The standard InChI is InChI=1S/C11H14O7/c1-6(12)16-9-4-15-5-10(17-7(2)13)11(9)18-8(3)14/h4,10-11H,5H2,1-3H3/t10-,11-/m1/s1. The molecule has 1 aliphatic heterocycles. The highest BCUT2D eigenvalue weighted by Crippen LogP contribution is 2.21. The lowest BCUT2D eigenvalue weighted by Gasteiger charge is -2.29. The van der Waals surface area contributed by atoms with Crippen LogP contribution in [0, 0.1) is 0 Å². The minimum absolute atomic E-state index is 0.00444. The molecule has 18 heavy (non-hydrogen) atoms. The van der Waals surface area contributed by atoms with Crippen molar-refractivity contribution < 1.29 is 33.3 Å². The van der Waals surface area contributed by atoms with Gasteiger partial charge in [0.05, 0.1) is 0 Å². The van der Waals surface area contributed by atoms with Gasteiger partial charge in [0.2, 0.25) is 6.10 Å². The van der Waals surface area contributed by atoms with Gasteiger partial charge in [-0.25, -0.2) is 0 Å².